The van der Waals surface area contributed by atoms with Gasteiger partial charge in [0.1, 0.15) is 24.7 Å². The molecule has 5 heteroatoms. The molecule has 2 aromatic carbocycles. The highest BCUT2D eigenvalue weighted by atomic mass is 35.5. The molecule has 0 N–H and O–H groups in total. The second kappa shape index (κ2) is 8.29. The Hall–Kier alpha value is -2.20. The fraction of sp³-hybridized carbons (Fsp3) is 0.235. The van der Waals surface area contributed by atoms with Crippen LogP contribution in [0.4, 0.5) is 0 Å². The van der Waals surface area contributed by atoms with E-state index in [9.17, 15) is 4.79 Å². The van der Waals surface area contributed by atoms with Crippen LogP contribution in [0.5, 0.6) is 11.5 Å². The number of rotatable bonds is 7. The third kappa shape index (κ3) is 5.30. The molecule has 0 heterocycles. The summed E-state index contributed by atoms with van der Waals surface area (Å²) in [6, 6.07) is 14.5. The second-order valence-electron chi connectivity index (χ2n) is 4.55. The summed E-state index contributed by atoms with van der Waals surface area (Å²) in [7, 11) is 1.37. The van der Waals surface area contributed by atoms with Crippen molar-refractivity contribution in [2.45, 2.75) is 6.42 Å². The van der Waals surface area contributed by atoms with E-state index in [1.165, 1.54) is 7.11 Å². The first kappa shape index (κ1) is 16.2. The molecule has 0 fully saturated rings. The summed E-state index contributed by atoms with van der Waals surface area (Å²) in [6.07, 6.45) is 0.259. The zero-order valence-corrected chi connectivity index (χ0v) is 13.0. The molecule has 0 radical (unpaired) electrons. The number of halogens is 1. The fourth-order valence-electron chi connectivity index (χ4n) is 1.82. The van der Waals surface area contributed by atoms with Gasteiger partial charge in [0.15, 0.2) is 0 Å². The van der Waals surface area contributed by atoms with Crippen molar-refractivity contribution in [3.63, 3.8) is 0 Å². The Labute approximate surface area is 134 Å². The highest BCUT2D eigenvalue weighted by Crippen LogP contribution is 2.17. The molecule has 2 rings (SSSR count). The lowest BCUT2D eigenvalue weighted by molar-refractivity contribution is -0.139. The highest BCUT2D eigenvalue weighted by molar-refractivity contribution is 6.30. The Morgan fingerprint density at radius 2 is 1.68 bits per heavy atom. The third-order valence-corrected chi connectivity index (χ3v) is 3.15. The van der Waals surface area contributed by atoms with Crippen LogP contribution in [-0.2, 0) is 16.0 Å². The maximum atomic E-state index is 11.2. The molecule has 0 aliphatic heterocycles. The largest absolute Gasteiger partial charge is 0.490 e. The number of methoxy groups -OCH3 is 1. The molecular weight excluding hydrogens is 304 g/mol. The van der Waals surface area contributed by atoms with Crippen molar-refractivity contribution in [1.29, 1.82) is 0 Å². The number of ether oxygens (including phenoxy) is 3. The maximum absolute atomic E-state index is 11.2. The molecule has 0 aliphatic carbocycles. The number of hydrogen-bond donors (Lipinski definition) is 0. The van der Waals surface area contributed by atoms with E-state index in [1.54, 1.807) is 12.1 Å². The predicted octanol–water partition coefficient (Wildman–Crippen LogP) is 3.51. The SMILES string of the molecule is COC(=O)Cc1ccc(OCCOc2cccc(Cl)c2)cc1. The molecule has 0 saturated heterocycles. The van der Waals surface area contributed by atoms with E-state index in [0.717, 1.165) is 11.3 Å². The third-order valence-electron chi connectivity index (χ3n) is 2.92. The number of carbonyl (C=O) groups is 1. The van der Waals surface area contributed by atoms with Crippen LogP contribution in [0.3, 0.4) is 0 Å². The standard InChI is InChI=1S/C17H17ClO4/c1-20-17(19)11-13-5-7-15(8-6-13)21-9-10-22-16-4-2-3-14(18)12-16/h2-8,12H,9-11H2,1H3. The lowest BCUT2D eigenvalue weighted by atomic mass is 10.1. The van der Waals surface area contributed by atoms with Crippen molar-refractivity contribution in [3.05, 3.63) is 59.1 Å². The minimum Gasteiger partial charge on any atom is -0.490 e. The zero-order valence-electron chi connectivity index (χ0n) is 12.3. The lowest BCUT2D eigenvalue weighted by Crippen LogP contribution is -2.09. The first-order valence-corrected chi connectivity index (χ1v) is 7.22. The van der Waals surface area contributed by atoms with Crippen LogP contribution in [0, 0.1) is 0 Å². The monoisotopic (exact) mass is 320 g/mol. The molecule has 0 unspecified atom stereocenters. The van der Waals surface area contributed by atoms with Gasteiger partial charge in [-0.2, -0.15) is 0 Å². The molecule has 22 heavy (non-hydrogen) atoms. The van der Waals surface area contributed by atoms with Crippen LogP contribution in [0.25, 0.3) is 0 Å². The first-order valence-electron chi connectivity index (χ1n) is 6.84. The average Bonchev–Trinajstić information content (AvgIpc) is 2.53. The Bertz CT molecular complexity index is 610. The quantitative estimate of drug-likeness (QED) is 0.578. The van der Waals surface area contributed by atoms with Crippen LogP contribution >= 0.6 is 11.6 Å². The smallest absolute Gasteiger partial charge is 0.309 e. The Kier molecular flexibility index (Phi) is 6.10. The number of hydrogen-bond acceptors (Lipinski definition) is 4. The van der Waals surface area contributed by atoms with Gasteiger partial charge in [0, 0.05) is 5.02 Å². The summed E-state index contributed by atoms with van der Waals surface area (Å²) in [5.74, 6) is 1.18. The number of benzene rings is 2. The van der Waals surface area contributed by atoms with Gasteiger partial charge in [0.05, 0.1) is 13.5 Å². The predicted molar refractivity (Wildman–Crippen MR) is 84.6 cm³/mol. The minimum absolute atomic E-state index is 0.259. The second-order valence-corrected chi connectivity index (χ2v) is 4.99. The zero-order chi connectivity index (χ0) is 15.8. The highest BCUT2D eigenvalue weighted by Gasteiger charge is 2.03. The normalized spacial score (nSPS) is 10.1. The summed E-state index contributed by atoms with van der Waals surface area (Å²) in [5.41, 5.74) is 0.884. The van der Waals surface area contributed by atoms with Gasteiger partial charge in [0.25, 0.3) is 0 Å². The average molecular weight is 321 g/mol. The van der Waals surface area contributed by atoms with Crippen LogP contribution in [-0.4, -0.2) is 26.3 Å². The van der Waals surface area contributed by atoms with E-state index in [0.29, 0.717) is 24.0 Å². The van der Waals surface area contributed by atoms with Crippen LogP contribution in [0.1, 0.15) is 5.56 Å². The molecule has 0 atom stereocenters. The molecule has 0 aromatic heterocycles. The molecule has 0 saturated carbocycles. The molecule has 4 nitrogen and oxygen atoms in total. The molecule has 0 amide bonds. The van der Waals surface area contributed by atoms with Gasteiger partial charge in [0.2, 0.25) is 0 Å². The van der Waals surface area contributed by atoms with Crippen molar-refractivity contribution in [2.24, 2.45) is 0 Å². The molecule has 2 aromatic rings. The molecular formula is C17H17ClO4. The van der Waals surface area contributed by atoms with Crippen molar-refractivity contribution >= 4 is 17.6 Å². The Balaban J connectivity index is 1.74. The minimum atomic E-state index is -0.261. The van der Waals surface area contributed by atoms with E-state index >= 15 is 0 Å². The van der Waals surface area contributed by atoms with E-state index in [2.05, 4.69) is 4.74 Å². The maximum Gasteiger partial charge on any atom is 0.309 e. The van der Waals surface area contributed by atoms with Crippen molar-refractivity contribution in [1.82, 2.24) is 0 Å². The van der Waals surface area contributed by atoms with Gasteiger partial charge in [-0.05, 0) is 35.9 Å². The molecule has 0 spiro atoms. The van der Waals surface area contributed by atoms with Crippen LogP contribution < -0.4 is 9.47 Å². The molecule has 0 bridgehead atoms. The van der Waals surface area contributed by atoms with Gasteiger partial charge in [-0.3, -0.25) is 4.79 Å². The van der Waals surface area contributed by atoms with Crippen LogP contribution in [0.15, 0.2) is 48.5 Å². The molecule has 116 valence electrons. The van der Waals surface area contributed by atoms with E-state index < -0.39 is 0 Å². The van der Waals surface area contributed by atoms with Gasteiger partial charge in [-0.25, -0.2) is 0 Å². The first-order chi connectivity index (χ1) is 10.7. The number of esters is 1. The molecule has 0 aliphatic rings. The summed E-state index contributed by atoms with van der Waals surface area (Å²) in [5, 5.41) is 0.639. The van der Waals surface area contributed by atoms with E-state index in [-0.39, 0.29) is 12.4 Å². The van der Waals surface area contributed by atoms with Gasteiger partial charge >= 0.3 is 5.97 Å². The summed E-state index contributed by atoms with van der Waals surface area (Å²) >= 11 is 5.87. The van der Waals surface area contributed by atoms with Gasteiger partial charge < -0.3 is 14.2 Å². The Morgan fingerprint density at radius 3 is 2.32 bits per heavy atom. The van der Waals surface area contributed by atoms with Crippen LogP contribution in [0.2, 0.25) is 5.02 Å². The van der Waals surface area contributed by atoms with E-state index in [4.69, 9.17) is 21.1 Å². The summed E-state index contributed by atoms with van der Waals surface area (Å²) in [6.45, 7) is 0.840. The van der Waals surface area contributed by atoms with E-state index in [1.807, 2.05) is 36.4 Å². The van der Waals surface area contributed by atoms with Crippen molar-refractivity contribution in [2.75, 3.05) is 20.3 Å². The summed E-state index contributed by atoms with van der Waals surface area (Å²) in [4.78, 5) is 11.2. The number of carbonyl (C=O) groups excluding carboxylic acids is 1. The van der Waals surface area contributed by atoms with Crippen molar-refractivity contribution in [3.8, 4) is 11.5 Å². The van der Waals surface area contributed by atoms with Gasteiger partial charge in [-0.1, -0.05) is 29.8 Å². The van der Waals surface area contributed by atoms with Crippen molar-refractivity contribution < 1.29 is 19.0 Å². The van der Waals surface area contributed by atoms with Gasteiger partial charge in [-0.15, -0.1) is 0 Å². The Morgan fingerprint density at radius 1 is 1.00 bits per heavy atom. The topological polar surface area (TPSA) is 44.8 Å². The summed E-state index contributed by atoms with van der Waals surface area (Å²) < 4.78 is 15.7. The fourth-order valence-corrected chi connectivity index (χ4v) is 2.00. The lowest BCUT2D eigenvalue weighted by Gasteiger charge is -2.09.